The number of carbonyl (C=O) groups excluding carboxylic acids is 1. The fraction of sp³-hybridized carbons (Fsp3) is 0.364. The quantitative estimate of drug-likeness (QED) is 0.707. The minimum Gasteiger partial charge on any atom is -0.356 e. The minimum absolute atomic E-state index is 0.103. The number of nitrogens with two attached hydrogens (primary N) is 1. The average Bonchev–Trinajstić information content (AvgIpc) is 2.18. The monoisotopic (exact) mass is 210 g/mol. The van der Waals surface area contributed by atoms with Gasteiger partial charge in [0.05, 0.1) is 6.42 Å². The second kappa shape index (κ2) is 6.14. The third-order valence-corrected chi connectivity index (χ3v) is 1.96. The van der Waals surface area contributed by atoms with E-state index in [9.17, 15) is 9.18 Å². The van der Waals surface area contributed by atoms with E-state index in [1.165, 1.54) is 12.1 Å². The molecule has 0 saturated carbocycles. The van der Waals surface area contributed by atoms with E-state index in [4.69, 9.17) is 5.73 Å². The van der Waals surface area contributed by atoms with Gasteiger partial charge in [0.1, 0.15) is 5.82 Å². The standard InChI is InChI=1S/C11H15FN2O/c12-10-4-1-3-9(7-10)8-11(15)14-6-2-5-13/h1,3-4,7H,2,5-6,8,13H2,(H,14,15). The zero-order chi connectivity index (χ0) is 11.1. The van der Waals surface area contributed by atoms with Gasteiger partial charge in [0.2, 0.25) is 5.91 Å². The number of amides is 1. The van der Waals surface area contributed by atoms with E-state index in [1.807, 2.05) is 0 Å². The van der Waals surface area contributed by atoms with Crippen molar-refractivity contribution in [3.63, 3.8) is 0 Å². The highest BCUT2D eigenvalue weighted by molar-refractivity contribution is 5.78. The number of nitrogens with one attached hydrogen (secondary N) is 1. The highest BCUT2D eigenvalue weighted by atomic mass is 19.1. The topological polar surface area (TPSA) is 55.1 Å². The number of halogens is 1. The van der Waals surface area contributed by atoms with Crippen molar-refractivity contribution in [2.75, 3.05) is 13.1 Å². The van der Waals surface area contributed by atoms with Crippen LogP contribution in [0, 0.1) is 5.82 Å². The molecular weight excluding hydrogens is 195 g/mol. The first-order chi connectivity index (χ1) is 7.22. The van der Waals surface area contributed by atoms with Crippen molar-refractivity contribution in [1.82, 2.24) is 5.32 Å². The molecule has 0 heterocycles. The SMILES string of the molecule is NCCCNC(=O)Cc1cccc(F)c1. The second-order valence-electron chi connectivity index (χ2n) is 3.30. The van der Waals surface area contributed by atoms with Gasteiger partial charge in [-0.15, -0.1) is 0 Å². The summed E-state index contributed by atoms with van der Waals surface area (Å²) < 4.78 is 12.8. The maximum Gasteiger partial charge on any atom is 0.224 e. The highest BCUT2D eigenvalue weighted by Gasteiger charge is 2.02. The predicted octanol–water partition coefficient (Wildman–Crippen LogP) is 0.833. The molecule has 1 amide bonds. The molecule has 0 saturated heterocycles. The van der Waals surface area contributed by atoms with Gasteiger partial charge in [-0.05, 0) is 30.7 Å². The van der Waals surface area contributed by atoms with Gasteiger partial charge in [-0.25, -0.2) is 4.39 Å². The molecule has 0 atom stereocenters. The molecule has 1 aromatic rings. The van der Waals surface area contributed by atoms with Crippen LogP contribution in [0.15, 0.2) is 24.3 Å². The van der Waals surface area contributed by atoms with E-state index in [2.05, 4.69) is 5.32 Å². The molecule has 0 radical (unpaired) electrons. The summed E-state index contributed by atoms with van der Waals surface area (Å²) in [6.45, 7) is 1.13. The van der Waals surface area contributed by atoms with Gasteiger partial charge in [-0.3, -0.25) is 4.79 Å². The Morgan fingerprint density at radius 2 is 2.27 bits per heavy atom. The third kappa shape index (κ3) is 4.56. The Balaban J connectivity index is 2.37. The lowest BCUT2D eigenvalue weighted by Gasteiger charge is -2.04. The van der Waals surface area contributed by atoms with E-state index in [0.717, 1.165) is 6.42 Å². The number of carbonyl (C=O) groups is 1. The smallest absolute Gasteiger partial charge is 0.224 e. The van der Waals surface area contributed by atoms with Gasteiger partial charge in [-0.1, -0.05) is 12.1 Å². The van der Waals surface area contributed by atoms with Crippen LogP contribution in [0.25, 0.3) is 0 Å². The molecule has 3 N–H and O–H groups in total. The normalized spacial score (nSPS) is 10.0. The highest BCUT2D eigenvalue weighted by Crippen LogP contribution is 2.03. The van der Waals surface area contributed by atoms with Gasteiger partial charge in [0.15, 0.2) is 0 Å². The molecule has 1 aromatic carbocycles. The number of benzene rings is 1. The maximum atomic E-state index is 12.8. The lowest BCUT2D eigenvalue weighted by molar-refractivity contribution is -0.120. The molecule has 1 rings (SSSR count). The Bertz CT molecular complexity index is 328. The van der Waals surface area contributed by atoms with Gasteiger partial charge >= 0.3 is 0 Å². The van der Waals surface area contributed by atoms with Crippen LogP contribution in [0.4, 0.5) is 4.39 Å². The summed E-state index contributed by atoms with van der Waals surface area (Å²) >= 11 is 0. The Morgan fingerprint density at radius 1 is 1.47 bits per heavy atom. The molecule has 3 nitrogen and oxygen atoms in total. The third-order valence-electron chi connectivity index (χ3n) is 1.96. The average molecular weight is 210 g/mol. The first kappa shape index (κ1) is 11.7. The van der Waals surface area contributed by atoms with Crippen LogP contribution in [-0.2, 0) is 11.2 Å². The summed E-state index contributed by atoms with van der Waals surface area (Å²) in [5, 5.41) is 2.71. The van der Waals surface area contributed by atoms with Crippen LogP contribution in [0.1, 0.15) is 12.0 Å². The van der Waals surface area contributed by atoms with E-state index in [1.54, 1.807) is 12.1 Å². The van der Waals surface area contributed by atoms with Crippen molar-refractivity contribution in [3.8, 4) is 0 Å². The van der Waals surface area contributed by atoms with Crippen molar-refractivity contribution in [3.05, 3.63) is 35.6 Å². The molecule has 0 unspecified atom stereocenters. The van der Waals surface area contributed by atoms with Gasteiger partial charge in [-0.2, -0.15) is 0 Å². The van der Waals surface area contributed by atoms with Gasteiger partial charge in [0, 0.05) is 6.54 Å². The molecule has 4 heteroatoms. The molecule has 82 valence electrons. The van der Waals surface area contributed by atoms with Crippen molar-refractivity contribution < 1.29 is 9.18 Å². The van der Waals surface area contributed by atoms with E-state index in [0.29, 0.717) is 18.7 Å². The van der Waals surface area contributed by atoms with E-state index in [-0.39, 0.29) is 18.1 Å². The predicted molar refractivity (Wildman–Crippen MR) is 56.8 cm³/mol. The summed E-state index contributed by atoms with van der Waals surface area (Å²) in [6, 6.07) is 6.04. The number of hydrogen-bond acceptors (Lipinski definition) is 2. The van der Waals surface area contributed by atoms with Crippen LogP contribution >= 0.6 is 0 Å². The molecule has 0 aliphatic carbocycles. The molecule has 0 bridgehead atoms. The first-order valence-electron chi connectivity index (χ1n) is 4.93. The van der Waals surface area contributed by atoms with Gasteiger partial charge < -0.3 is 11.1 Å². The number of rotatable bonds is 5. The Labute approximate surface area is 88.5 Å². The minimum atomic E-state index is -0.317. The van der Waals surface area contributed by atoms with Crippen LogP contribution in [-0.4, -0.2) is 19.0 Å². The fourth-order valence-corrected chi connectivity index (χ4v) is 1.22. The Kier molecular flexibility index (Phi) is 4.77. The zero-order valence-corrected chi connectivity index (χ0v) is 8.50. The fourth-order valence-electron chi connectivity index (χ4n) is 1.22. The molecule has 0 aliphatic heterocycles. The van der Waals surface area contributed by atoms with Crippen molar-refractivity contribution in [1.29, 1.82) is 0 Å². The molecular formula is C11H15FN2O. The van der Waals surface area contributed by atoms with E-state index < -0.39 is 0 Å². The summed E-state index contributed by atoms with van der Waals surface area (Å²) in [6.07, 6.45) is 0.969. The lowest BCUT2D eigenvalue weighted by atomic mass is 10.1. The summed E-state index contributed by atoms with van der Waals surface area (Å²) in [5.74, 6) is -0.420. The molecule has 0 aromatic heterocycles. The van der Waals surface area contributed by atoms with Crippen LogP contribution < -0.4 is 11.1 Å². The lowest BCUT2D eigenvalue weighted by Crippen LogP contribution is -2.27. The Morgan fingerprint density at radius 3 is 2.93 bits per heavy atom. The van der Waals surface area contributed by atoms with Crippen LogP contribution in [0.2, 0.25) is 0 Å². The van der Waals surface area contributed by atoms with Crippen molar-refractivity contribution >= 4 is 5.91 Å². The molecule has 0 aliphatic rings. The first-order valence-corrected chi connectivity index (χ1v) is 4.93. The van der Waals surface area contributed by atoms with Gasteiger partial charge in [0.25, 0.3) is 0 Å². The summed E-state index contributed by atoms with van der Waals surface area (Å²) in [5.41, 5.74) is 5.97. The maximum absolute atomic E-state index is 12.8. The van der Waals surface area contributed by atoms with Crippen LogP contribution in [0.3, 0.4) is 0 Å². The molecule has 0 fully saturated rings. The number of hydrogen-bond donors (Lipinski definition) is 2. The van der Waals surface area contributed by atoms with Crippen molar-refractivity contribution in [2.24, 2.45) is 5.73 Å². The molecule has 0 spiro atoms. The Hall–Kier alpha value is -1.42. The van der Waals surface area contributed by atoms with Crippen molar-refractivity contribution in [2.45, 2.75) is 12.8 Å². The zero-order valence-electron chi connectivity index (χ0n) is 8.50. The largest absolute Gasteiger partial charge is 0.356 e. The molecule has 15 heavy (non-hydrogen) atoms. The summed E-state index contributed by atoms with van der Waals surface area (Å²) in [7, 11) is 0. The van der Waals surface area contributed by atoms with E-state index >= 15 is 0 Å². The second-order valence-corrected chi connectivity index (χ2v) is 3.30. The summed E-state index contributed by atoms with van der Waals surface area (Å²) in [4.78, 5) is 11.3. The van der Waals surface area contributed by atoms with Crippen LogP contribution in [0.5, 0.6) is 0 Å².